The van der Waals surface area contributed by atoms with Crippen molar-refractivity contribution in [3.8, 4) is 0 Å². The minimum absolute atomic E-state index is 0.334. The molecule has 0 aromatic heterocycles. The number of benzene rings is 1. The summed E-state index contributed by atoms with van der Waals surface area (Å²) in [6.07, 6.45) is 1.40. The molecule has 1 aromatic rings. The molecule has 2 heteroatoms. The molecule has 0 aliphatic carbocycles. The Morgan fingerprint density at radius 1 is 1.10 bits per heavy atom. The van der Waals surface area contributed by atoms with Gasteiger partial charge >= 0.3 is 0 Å². The summed E-state index contributed by atoms with van der Waals surface area (Å²) in [6.45, 7) is 14.5. The van der Waals surface area contributed by atoms with Crippen LogP contribution in [-0.4, -0.2) is 29.3 Å². The van der Waals surface area contributed by atoms with Crippen molar-refractivity contribution < 1.29 is 4.79 Å². The highest BCUT2D eigenvalue weighted by Gasteiger charge is 2.35. The molecule has 0 saturated carbocycles. The second-order valence-corrected chi connectivity index (χ2v) is 5.77. The molecule has 0 spiro atoms. The molecule has 0 saturated heterocycles. The zero-order chi connectivity index (χ0) is 15.3. The minimum Gasteiger partial charge on any atom is -0.297 e. The van der Waals surface area contributed by atoms with E-state index >= 15 is 0 Å². The first-order valence-corrected chi connectivity index (χ1v) is 7.74. The monoisotopic (exact) mass is 275 g/mol. The number of likely N-dealkylation sites (N-methyl/N-ethyl adjacent to an activating group) is 1. The van der Waals surface area contributed by atoms with Crippen LogP contribution in [0.25, 0.3) is 0 Å². The summed E-state index contributed by atoms with van der Waals surface area (Å²) in [4.78, 5) is 15.2. The predicted octanol–water partition coefficient (Wildman–Crippen LogP) is 3.93. The van der Waals surface area contributed by atoms with Crippen LogP contribution in [-0.2, 0) is 11.2 Å². The van der Waals surface area contributed by atoms with Crippen molar-refractivity contribution in [3.63, 3.8) is 0 Å². The molecule has 0 aliphatic heterocycles. The van der Waals surface area contributed by atoms with Gasteiger partial charge in [0.15, 0.2) is 5.78 Å². The summed E-state index contributed by atoms with van der Waals surface area (Å²) in [5.74, 6) is 0.334. The van der Waals surface area contributed by atoms with Gasteiger partial charge in [-0.1, -0.05) is 39.0 Å². The molecular formula is C18H29NO. The van der Waals surface area contributed by atoms with E-state index < -0.39 is 0 Å². The van der Waals surface area contributed by atoms with E-state index in [9.17, 15) is 4.79 Å². The number of Topliss-reactive ketones (excluding diaryl/α,β-unsaturated/α-hetero) is 1. The summed E-state index contributed by atoms with van der Waals surface area (Å²) < 4.78 is 0. The van der Waals surface area contributed by atoms with Gasteiger partial charge in [0.1, 0.15) is 0 Å². The Bertz CT molecular complexity index is 442. The first kappa shape index (κ1) is 16.9. The van der Waals surface area contributed by atoms with Gasteiger partial charge in [-0.15, -0.1) is 0 Å². The smallest absolute Gasteiger partial charge is 0.157 e. The van der Waals surface area contributed by atoms with Gasteiger partial charge in [-0.2, -0.15) is 0 Å². The van der Waals surface area contributed by atoms with Crippen LogP contribution >= 0.6 is 0 Å². The fourth-order valence-electron chi connectivity index (χ4n) is 3.00. The molecule has 0 fully saturated rings. The summed E-state index contributed by atoms with van der Waals surface area (Å²) in [5, 5.41) is 0. The second kappa shape index (κ2) is 7.03. The van der Waals surface area contributed by atoms with Crippen molar-refractivity contribution in [3.05, 3.63) is 34.9 Å². The average Bonchev–Trinajstić information content (AvgIpc) is 2.43. The zero-order valence-electron chi connectivity index (χ0n) is 13.9. The molecule has 0 bridgehead atoms. The Kier molecular flexibility index (Phi) is 5.94. The quantitative estimate of drug-likeness (QED) is 0.751. The van der Waals surface area contributed by atoms with Crippen LogP contribution in [0.5, 0.6) is 0 Å². The number of carbonyl (C=O) groups is 1. The second-order valence-electron chi connectivity index (χ2n) is 5.77. The van der Waals surface area contributed by atoms with Gasteiger partial charge in [0.2, 0.25) is 0 Å². The van der Waals surface area contributed by atoms with E-state index in [4.69, 9.17) is 0 Å². The number of rotatable bonds is 7. The van der Waals surface area contributed by atoms with Gasteiger partial charge in [-0.3, -0.25) is 9.69 Å². The Balaban J connectivity index is 3.04. The summed E-state index contributed by atoms with van der Waals surface area (Å²) in [7, 11) is 0. The van der Waals surface area contributed by atoms with Gasteiger partial charge in [-0.25, -0.2) is 0 Å². The zero-order valence-corrected chi connectivity index (χ0v) is 13.9. The summed E-state index contributed by atoms with van der Waals surface area (Å²) in [6, 6.07) is 6.24. The normalized spacial score (nSPS) is 14.3. The molecule has 112 valence electrons. The fraction of sp³-hybridized carbons (Fsp3) is 0.611. The largest absolute Gasteiger partial charge is 0.297 e. The number of aryl methyl sites for hydroxylation is 2. The first-order valence-electron chi connectivity index (χ1n) is 7.74. The lowest BCUT2D eigenvalue weighted by atomic mass is 9.85. The predicted molar refractivity (Wildman–Crippen MR) is 86.2 cm³/mol. The minimum atomic E-state index is -0.349. The van der Waals surface area contributed by atoms with E-state index in [2.05, 4.69) is 64.6 Å². The number of carbonyl (C=O) groups excluding carboxylic acids is 1. The maximum atomic E-state index is 12.9. The highest BCUT2D eigenvalue weighted by atomic mass is 16.1. The third-order valence-electron chi connectivity index (χ3n) is 4.73. The highest BCUT2D eigenvalue weighted by Crippen LogP contribution is 2.24. The van der Waals surface area contributed by atoms with Crippen LogP contribution in [0.4, 0.5) is 0 Å². The van der Waals surface area contributed by atoms with Crippen LogP contribution < -0.4 is 0 Å². The fourth-order valence-corrected chi connectivity index (χ4v) is 3.00. The highest BCUT2D eigenvalue weighted by molar-refractivity contribution is 5.90. The Hall–Kier alpha value is -1.15. The number of ketones is 1. The Morgan fingerprint density at radius 2 is 1.60 bits per heavy atom. The number of nitrogens with zero attached hydrogens (tertiary/aromatic N) is 1. The van der Waals surface area contributed by atoms with Crippen molar-refractivity contribution in [2.24, 2.45) is 0 Å². The molecule has 1 rings (SSSR count). The maximum Gasteiger partial charge on any atom is 0.157 e. The van der Waals surface area contributed by atoms with Gasteiger partial charge in [0.25, 0.3) is 0 Å². The van der Waals surface area contributed by atoms with Crippen LogP contribution in [0.3, 0.4) is 0 Å². The first-order chi connectivity index (χ1) is 9.40. The lowest BCUT2D eigenvalue weighted by Gasteiger charge is -2.38. The molecule has 0 radical (unpaired) electrons. The van der Waals surface area contributed by atoms with Crippen LogP contribution in [0.1, 0.15) is 50.8 Å². The van der Waals surface area contributed by atoms with E-state index in [1.54, 1.807) is 0 Å². The molecule has 0 amide bonds. The molecular weight excluding hydrogens is 246 g/mol. The molecule has 20 heavy (non-hydrogen) atoms. The van der Waals surface area contributed by atoms with Gasteiger partial charge in [-0.05, 0) is 57.0 Å². The van der Waals surface area contributed by atoms with Crippen molar-refractivity contribution in [1.82, 2.24) is 4.90 Å². The number of hydrogen-bond donors (Lipinski definition) is 0. The van der Waals surface area contributed by atoms with Gasteiger partial charge < -0.3 is 0 Å². The lowest BCUT2D eigenvalue weighted by Crippen LogP contribution is -2.52. The molecule has 1 atom stereocenters. The van der Waals surface area contributed by atoms with Crippen LogP contribution in [0.15, 0.2) is 18.2 Å². The Morgan fingerprint density at radius 3 is 2.00 bits per heavy atom. The van der Waals surface area contributed by atoms with E-state index in [1.807, 2.05) is 0 Å². The van der Waals surface area contributed by atoms with E-state index in [0.29, 0.717) is 12.2 Å². The van der Waals surface area contributed by atoms with Crippen molar-refractivity contribution in [2.75, 3.05) is 13.1 Å². The van der Waals surface area contributed by atoms with E-state index in [1.165, 1.54) is 16.7 Å². The molecule has 1 unspecified atom stereocenters. The standard InChI is InChI=1S/C18H29NO/c1-7-18(6,19(8-2)9-3)17(20)13-16-14(4)11-10-12-15(16)5/h10-12H,7-9,13H2,1-6H3. The van der Waals surface area contributed by atoms with E-state index in [0.717, 1.165) is 19.5 Å². The van der Waals surface area contributed by atoms with Gasteiger partial charge in [0.05, 0.1) is 5.54 Å². The summed E-state index contributed by atoms with van der Waals surface area (Å²) in [5.41, 5.74) is 3.29. The molecule has 0 heterocycles. The lowest BCUT2D eigenvalue weighted by molar-refractivity contribution is -0.129. The molecule has 0 aliphatic rings. The van der Waals surface area contributed by atoms with Crippen LogP contribution in [0.2, 0.25) is 0 Å². The van der Waals surface area contributed by atoms with Crippen LogP contribution in [0, 0.1) is 13.8 Å². The summed E-state index contributed by atoms with van der Waals surface area (Å²) >= 11 is 0. The Labute approximate surface area is 124 Å². The molecule has 1 aromatic carbocycles. The SMILES string of the molecule is CCN(CC)C(C)(CC)C(=O)Cc1c(C)cccc1C. The third kappa shape index (κ3) is 3.29. The van der Waals surface area contributed by atoms with Crippen molar-refractivity contribution in [2.45, 2.75) is 59.9 Å². The molecule has 2 nitrogen and oxygen atoms in total. The van der Waals surface area contributed by atoms with Crippen molar-refractivity contribution >= 4 is 5.78 Å². The van der Waals surface area contributed by atoms with Crippen molar-refractivity contribution in [1.29, 1.82) is 0 Å². The molecule has 0 N–H and O–H groups in total. The van der Waals surface area contributed by atoms with Gasteiger partial charge in [0, 0.05) is 6.42 Å². The topological polar surface area (TPSA) is 20.3 Å². The third-order valence-corrected chi connectivity index (χ3v) is 4.73. The maximum absolute atomic E-state index is 12.9. The van der Waals surface area contributed by atoms with E-state index in [-0.39, 0.29) is 5.54 Å². The number of hydrogen-bond acceptors (Lipinski definition) is 2. The average molecular weight is 275 g/mol.